The van der Waals surface area contributed by atoms with Crippen LogP contribution < -0.4 is 5.32 Å². The Hall–Kier alpha value is -0.900. The summed E-state index contributed by atoms with van der Waals surface area (Å²) in [4.78, 5) is 0. The van der Waals surface area contributed by atoms with E-state index in [9.17, 15) is 0 Å². The van der Waals surface area contributed by atoms with E-state index in [4.69, 9.17) is 9.47 Å². The number of hydrogen-bond donors (Lipinski definition) is 1. The fourth-order valence-corrected chi connectivity index (χ4v) is 2.04. The van der Waals surface area contributed by atoms with Gasteiger partial charge in [0.15, 0.2) is 0 Å². The molecule has 1 aliphatic rings. The molecule has 0 aliphatic heterocycles. The van der Waals surface area contributed by atoms with Crippen LogP contribution in [0.1, 0.15) is 43.7 Å². The Labute approximate surface area is 122 Å². The third-order valence-electron chi connectivity index (χ3n) is 3.45. The summed E-state index contributed by atoms with van der Waals surface area (Å²) >= 11 is 0. The molecule has 0 spiro atoms. The van der Waals surface area contributed by atoms with E-state index < -0.39 is 0 Å². The maximum Gasteiger partial charge on any atom is 0.0718 e. The zero-order chi connectivity index (χ0) is 14.0. The van der Waals surface area contributed by atoms with Gasteiger partial charge in [-0.1, -0.05) is 37.6 Å². The van der Waals surface area contributed by atoms with Gasteiger partial charge in [0.25, 0.3) is 0 Å². The highest BCUT2D eigenvalue weighted by Gasteiger charge is 2.19. The molecule has 1 saturated carbocycles. The Kier molecular flexibility index (Phi) is 7.06. The van der Waals surface area contributed by atoms with Gasteiger partial charge in [-0.15, -0.1) is 0 Å². The van der Waals surface area contributed by atoms with E-state index in [1.54, 1.807) is 0 Å². The van der Waals surface area contributed by atoms with E-state index in [0.29, 0.717) is 19.8 Å². The molecule has 20 heavy (non-hydrogen) atoms. The lowest BCUT2D eigenvalue weighted by atomic mass is 10.1. The zero-order valence-electron chi connectivity index (χ0n) is 12.6. The van der Waals surface area contributed by atoms with Crippen molar-refractivity contribution in [2.45, 2.75) is 51.8 Å². The van der Waals surface area contributed by atoms with E-state index in [1.807, 2.05) is 0 Å². The van der Waals surface area contributed by atoms with Gasteiger partial charge in [0.1, 0.15) is 0 Å². The second-order valence-corrected chi connectivity index (χ2v) is 5.49. The smallest absolute Gasteiger partial charge is 0.0718 e. The minimum atomic E-state index is 0.675. The summed E-state index contributed by atoms with van der Waals surface area (Å²) in [5.74, 6) is 0. The first-order valence-electron chi connectivity index (χ1n) is 7.85. The van der Waals surface area contributed by atoms with Crippen LogP contribution in [0.15, 0.2) is 24.3 Å². The molecule has 112 valence electrons. The van der Waals surface area contributed by atoms with Crippen LogP contribution in [0.4, 0.5) is 0 Å². The molecule has 0 radical (unpaired) electrons. The second-order valence-electron chi connectivity index (χ2n) is 5.49. The van der Waals surface area contributed by atoms with Crippen molar-refractivity contribution < 1.29 is 9.47 Å². The minimum Gasteiger partial charge on any atom is -0.379 e. The van der Waals surface area contributed by atoms with Gasteiger partial charge in [-0.05, 0) is 30.4 Å². The molecule has 0 saturated heterocycles. The summed E-state index contributed by atoms with van der Waals surface area (Å²) in [6, 6.07) is 9.40. The Morgan fingerprint density at radius 3 is 2.70 bits per heavy atom. The van der Waals surface area contributed by atoms with Gasteiger partial charge in [-0.25, -0.2) is 0 Å². The molecule has 1 fully saturated rings. The summed E-state index contributed by atoms with van der Waals surface area (Å²) in [7, 11) is 0. The third kappa shape index (κ3) is 6.51. The summed E-state index contributed by atoms with van der Waals surface area (Å²) in [6.45, 7) is 6.04. The molecule has 0 amide bonds. The van der Waals surface area contributed by atoms with Crippen LogP contribution in [-0.2, 0) is 22.6 Å². The van der Waals surface area contributed by atoms with Gasteiger partial charge < -0.3 is 14.8 Å². The van der Waals surface area contributed by atoms with Crippen LogP contribution in [0.25, 0.3) is 0 Å². The first-order chi connectivity index (χ1) is 9.88. The Morgan fingerprint density at radius 1 is 1.10 bits per heavy atom. The van der Waals surface area contributed by atoms with Crippen molar-refractivity contribution >= 4 is 0 Å². The average Bonchev–Trinajstić information content (AvgIpc) is 3.29. The first kappa shape index (κ1) is 15.5. The van der Waals surface area contributed by atoms with Crippen molar-refractivity contribution in [3.63, 3.8) is 0 Å². The summed E-state index contributed by atoms with van der Waals surface area (Å²) in [5, 5.41) is 3.54. The molecule has 1 N–H and O–H groups in total. The van der Waals surface area contributed by atoms with Crippen LogP contribution in [0, 0.1) is 0 Å². The standard InChI is InChI=1S/C17H27NO2/c1-2-3-9-19-10-11-20-14-16-6-4-5-15(12-16)13-18-17-7-8-17/h4-6,12,17-18H,2-3,7-11,13-14H2,1H3. The molecular weight excluding hydrogens is 250 g/mol. The van der Waals surface area contributed by atoms with Crippen molar-refractivity contribution in [3.05, 3.63) is 35.4 Å². The normalized spacial score (nSPS) is 14.7. The van der Waals surface area contributed by atoms with Crippen molar-refractivity contribution in [1.82, 2.24) is 5.32 Å². The molecule has 3 nitrogen and oxygen atoms in total. The molecule has 0 unspecified atom stereocenters. The highest BCUT2D eigenvalue weighted by Crippen LogP contribution is 2.19. The van der Waals surface area contributed by atoms with Gasteiger partial charge in [-0.2, -0.15) is 0 Å². The predicted octanol–water partition coefficient (Wildman–Crippen LogP) is 3.27. The van der Waals surface area contributed by atoms with Crippen LogP contribution in [0.3, 0.4) is 0 Å². The number of ether oxygens (including phenoxy) is 2. The van der Waals surface area contributed by atoms with Crippen LogP contribution in [0.5, 0.6) is 0 Å². The largest absolute Gasteiger partial charge is 0.379 e. The summed E-state index contributed by atoms with van der Waals surface area (Å²) in [6.07, 6.45) is 4.99. The Morgan fingerprint density at radius 2 is 1.90 bits per heavy atom. The predicted molar refractivity (Wildman–Crippen MR) is 81.7 cm³/mol. The molecule has 1 aromatic carbocycles. The van der Waals surface area contributed by atoms with E-state index in [0.717, 1.165) is 25.6 Å². The molecule has 1 aliphatic carbocycles. The van der Waals surface area contributed by atoms with Gasteiger partial charge in [0.2, 0.25) is 0 Å². The first-order valence-corrected chi connectivity index (χ1v) is 7.85. The SMILES string of the molecule is CCCCOCCOCc1cccc(CNC2CC2)c1. The van der Waals surface area contributed by atoms with Gasteiger partial charge in [-0.3, -0.25) is 0 Å². The van der Waals surface area contributed by atoms with E-state index >= 15 is 0 Å². The van der Waals surface area contributed by atoms with Crippen molar-refractivity contribution in [2.24, 2.45) is 0 Å². The number of benzene rings is 1. The number of rotatable bonds is 11. The lowest BCUT2D eigenvalue weighted by molar-refractivity contribution is 0.0396. The number of nitrogens with one attached hydrogen (secondary N) is 1. The maximum absolute atomic E-state index is 5.65. The highest BCUT2D eigenvalue weighted by atomic mass is 16.5. The molecule has 0 atom stereocenters. The van der Waals surface area contributed by atoms with E-state index in [1.165, 1.54) is 30.4 Å². The quantitative estimate of drug-likeness (QED) is 0.630. The third-order valence-corrected chi connectivity index (χ3v) is 3.45. The topological polar surface area (TPSA) is 30.5 Å². The van der Waals surface area contributed by atoms with Gasteiger partial charge in [0, 0.05) is 19.2 Å². The molecule has 0 bridgehead atoms. The fraction of sp³-hybridized carbons (Fsp3) is 0.647. The molecule has 2 rings (SSSR count). The summed E-state index contributed by atoms with van der Waals surface area (Å²) in [5.41, 5.74) is 2.59. The number of hydrogen-bond acceptors (Lipinski definition) is 3. The van der Waals surface area contributed by atoms with Crippen molar-refractivity contribution in [1.29, 1.82) is 0 Å². The maximum atomic E-state index is 5.65. The fourth-order valence-electron chi connectivity index (χ4n) is 2.04. The van der Waals surface area contributed by atoms with Gasteiger partial charge >= 0.3 is 0 Å². The monoisotopic (exact) mass is 277 g/mol. The summed E-state index contributed by atoms with van der Waals surface area (Å²) < 4.78 is 11.1. The van der Waals surface area contributed by atoms with Crippen molar-refractivity contribution in [3.8, 4) is 0 Å². The Bertz CT molecular complexity index is 377. The second kappa shape index (κ2) is 9.11. The van der Waals surface area contributed by atoms with E-state index in [-0.39, 0.29) is 0 Å². The molecule has 0 aromatic heterocycles. The van der Waals surface area contributed by atoms with Gasteiger partial charge in [0.05, 0.1) is 19.8 Å². The van der Waals surface area contributed by atoms with E-state index in [2.05, 4.69) is 36.5 Å². The van der Waals surface area contributed by atoms with Crippen LogP contribution >= 0.6 is 0 Å². The molecule has 1 aromatic rings. The minimum absolute atomic E-state index is 0.675. The van der Waals surface area contributed by atoms with Crippen LogP contribution in [-0.4, -0.2) is 25.9 Å². The molecule has 0 heterocycles. The number of unbranched alkanes of at least 4 members (excludes halogenated alkanes) is 1. The van der Waals surface area contributed by atoms with Crippen molar-refractivity contribution in [2.75, 3.05) is 19.8 Å². The Balaban J connectivity index is 1.58. The lowest BCUT2D eigenvalue weighted by Gasteiger charge is -2.08. The lowest BCUT2D eigenvalue weighted by Crippen LogP contribution is -2.15. The average molecular weight is 277 g/mol. The molecular formula is C17H27NO2. The molecule has 3 heteroatoms. The zero-order valence-corrected chi connectivity index (χ0v) is 12.6. The highest BCUT2D eigenvalue weighted by molar-refractivity contribution is 5.23. The van der Waals surface area contributed by atoms with Crippen LogP contribution in [0.2, 0.25) is 0 Å².